The quantitative estimate of drug-likeness (QED) is 0.784. The summed E-state index contributed by atoms with van der Waals surface area (Å²) in [4.78, 5) is 15.4. The first kappa shape index (κ1) is 19.5. The van der Waals surface area contributed by atoms with Crippen LogP contribution >= 0.6 is 12.4 Å². The molecule has 0 saturated carbocycles. The maximum absolute atomic E-state index is 12.0. The summed E-state index contributed by atoms with van der Waals surface area (Å²) < 4.78 is 0. The van der Waals surface area contributed by atoms with Crippen molar-refractivity contribution in [2.45, 2.75) is 46.6 Å². The van der Waals surface area contributed by atoms with Crippen molar-refractivity contribution in [3.8, 4) is 0 Å². The van der Waals surface area contributed by atoms with Gasteiger partial charge in [0.2, 0.25) is 5.91 Å². The molecule has 1 heterocycles. The number of rotatable bonds is 5. The van der Waals surface area contributed by atoms with Crippen molar-refractivity contribution in [3.05, 3.63) is 35.5 Å². The van der Waals surface area contributed by atoms with Gasteiger partial charge in [-0.3, -0.25) is 4.79 Å². The minimum absolute atomic E-state index is 0. The predicted molar refractivity (Wildman–Crippen MR) is 99.1 cm³/mol. The first-order valence-corrected chi connectivity index (χ1v) is 7.95. The fraction of sp³-hybridized carbons (Fsp3) is 0.500. The second kappa shape index (κ2) is 7.84. The number of aromatic amines is 1. The van der Waals surface area contributed by atoms with Crippen LogP contribution in [0.4, 0.5) is 0 Å². The Kier molecular flexibility index (Phi) is 6.66. The number of nitrogens with two attached hydrogens (primary N) is 1. The van der Waals surface area contributed by atoms with Crippen molar-refractivity contribution in [3.63, 3.8) is 0 Å². The van der Waals surface area contributed by atoms with Gasteiger partial charge in [-0.05, 0) is 29.4 Å². The zero-order valence-corrected chi connectivity index (χ0v) is 15.2. The van der Waals surface area contributed by atoms with Crippen LogP contribution in [0.25, 0.3) is 10.9 Å². The van der Waals surface area contributed by atoms with Crippen LogP contribution in [0, 0.1) is 5.41 Å². The summed E-state index contributed by atoms with van der Waals surface area (Å²) in [7, 11) is 0. The number of fused-ring (bicyclic) bond motifs is 1. The van der Waals surface area contributed by atoms with E-state index in [0.717, 1.165) is 12.8 Å². The van der Waals surface area contributed by atoms with Crippen LogP contribution in [0.3, 0.4) is 0 Å². The number of benzene rings is 1. The van der Waals surface area contributed by atoms with Gasteiger partial charge in [-0.2, -0.15) is 0 Å². The Labute approximate surface area is 144 Å². The van der Waals surface area contributed by atoms with Crippen LogP contribution in [0.5, 0.6) is 0 Å². The standard InChI is InChI=1S/C18H27N3O.ClH/c1-5-12-7-6-8-14-13(11-21-15(12)14)9-10-20-17(22)16(19)18(2,3)4;/h6-8,11,16,21H,5,9-10,19H2,1-4H3,(H,20,22);1H/t16-;/m1./s1. The highest BCUT2D eigenvalue weighted by Gasteiger charge is 2.26. The van der Waals surface area contributed by atoms with E-state index in [-0.39, 0.29) is 23.7 Å². The average molecular weight is 338 g/mol. The number of carbonyl (C=O) groups is 1. The van der Waals surface area contributed by atoms with Crippen molar-refractivity contribution in [1.82, 2.24) is 10.3 Å². The van der Waals surface area contributed by atoms with Gasteiger partial charge in [0.15, 0.2) is 0 Å². The monoisotopic (exact) mass is 337 g/mol. The largest absolute Gasteiger partial charge is 0.361 e. The van der Waals surface area contributed by atoms with E-state index in [1.807, 2.05) is 27.0 Å². The SMILES string of the molecule is CCc1cccc2c(CCNC(=O)[C@@H](N)C(C)(C)C)c[nH]c12.Cl. The Balaban J connectivity index is 0.00000264. The first-order valence-electron chi connectivity index (χ1n) is 7.95. The molecule has 0 aliphatic rings. The summed E-state index contributed by atoms with van der Waals surface area (Å²) in [6, 6.07) is 5.88. The second-order valence-corrected chi connectivity index (χ2v) is 6.89. The molecule has 1 aromatic heterocycles. The van der Waals surface area contributed by atoms with E-state index < -0.39 is 6.04 Å². The first-order chi connectivity index (χ1) is 10.3. The lowest BCUT2D eigenvalue weighted by Crippen LogP contribution is -2.48. The molecule has 1 amide bonds. The van der Waals surface area contributed by atoms with E-state index in [4.69, 9.17) is 5.73 Å². The zero-order chi connectivity index (χ0) is 16.3. The Morgan fingerprint density at radius 1 is 1.30 bits per heavy atom. The molecule has 1 atom stereocenters. The summed E-state index contributed by atoms with van der Waals surface area (Å²) in [5.41, 5.74) is 9.50. The van der Waals surface area contributed by atoms with Gasteiger partial charge in [-0.25, -0.2) is 0 Å². The molecule has 0 bridgehead atoms. The number of aromatic nitrogens is 1. The number of hydrogen-bond acceptors (Lipinski definition) is 2. The maximum atomic E-state index is 12.0. The third kappa shape index (κ3) is 4.49. The third-order valence-electron chi connectivity index (χ3n) is 4.18. The summed E-state index contributed by atoms with van der Waals surface area (Å²) in [6.07, 6.45) is 3.85. The number of halogens is 1. The Morgan fingerprint density at radius 2 is 2.00 bits per heavy atom. The van der Waals surface area contributed by atoms with Gasteiger partial charge in [0.05, 0.1) is 6.04 Å². The molecule has 0 unspecified atom stereocenters. The van der Waals surface area contributed by atoms with Crippen molar-refractivity contribution < 1.29 is 4.79 Å². The number of H-pyrrole nitrogens is 1. The highest BCUT2D eigenvalue weighted by atomic mass is 35.5. The number of hydrogen-bond donors (Lipinski definition) is 3. The lowest BCUT2D eigenvalue weighted by molar-refractivity contribution is -0.124. The minimum Gasteiger partial charge on any atom is -0.361 e. The van der Waals surface area contributed by atoms with Crippen molar-refractivity contribution >= 4 is 29.2 Å². The molecule has 0 radical (unpaired) electrons. The molecule has 23 heavy (non-hydrogen) atoms. The lowest BCUT2D eigenvalue weighted by Gasteiger charge is -2.25. The molecule has 2 rings (SSSR count). The highest BCUT2D eigenvalue weighted by Crippen LogP contribution is 2.22. The summed E-state index contributed by atoms with van der Waals surface area (Å²) in [5, 5.41) is 4.19. The van der Waals surface area contributed by atoms with E-state index in [1.165, 1.54) is 22.0 Å². The number of carbonyl (C=O) groups excluding carboxylic acids is 1. The topological polar surface area (TPSA) is 70.9 Å². The third-order valence-corrected chi connectivity index (χ3v) is 4.18. The van der Waals surface area contributed by atoms with E-state index in [9.17, 15) is 4.79 Å². The fourth-order valence-corrected chi connectivity index (χ4v) is 2.60. The molecule has 4 N–H and O–H groups in total. The Bertz CT molecular complexity index is 658. The molecular formula is C18H28ClN3O. The van der Waals surface area contributed by atoms with Gasteiger partial charge in [-0.1, -0.05) is 45.9 Å². The van der Waals surface area contributed by atoms with E-state index in [1.54, 1.807) is 0 Å². The van der Waals surface area contributed by atoms with Gasteiger partial charge in [0.1, 0.15) is 0 Å². The van der Waals surface area contributed by atoms with Crippen molar-refractivity contribution in [1.29, 1.82) is 0 Å². The number of para-hydroxylation sites is 1. The Morgan fingerprint density at radius 3 is 2.61 bits per heavy atom. The van der Waals surface area contributed by atoms with Gasteiger partial charge in [0.25, 0.3) is 0 Å². The molecule has 4 nitrogen and oxygen atoms in total. The minimum atomic E-state index is -0.484. The van der Waals surface area contributed by atoms with Gasteiger partial charge in [0, 0.05) is 23.6 Å². The van der Waals surface area contributed by atoms with Crippen LogP contribution in [0.2, 0.25) is 0 Å². The molecule has 0 aliphatic heterocycles. The summed E-state index contributed by atoms with van der Waals surface area (Å²) in [5.74, 6) is -0.0819. The Hall–Kier alpha value is -1.52. The molecule has 2 aromatic rings. The smallest absolute Gasteiger partial charge is 0.237 e. The van der Waals surface area contributed by atoms with Crippen molar-refractivity contribution in [2.24, 2.45) is 11.1 Å². The van der Waals surface area contributed by atoms with Crippen molar-refractivity contribution in [2.75, 3.05) is 6.54 Å². The van der Waals surface area contributed by atoms with Crippen LogP contribution in [-0.2, 0) is 17.6 Å². The number of nitrogens with one attached hydrogen (secondary N) is 2. The molecule has 0 saturated heterocycles. The van der Waals surface area contributed by atoms with Crippen LogP contribution in [-0.4, -0.2) is 23.5 Å². The van der Waals surface area contributed by atoms with Crippen LogP contribution in [0.15, 0.2) is 24.4 Å². The zero-order valence-electron chi connectivity index (χ0n) is 14.4. The van der Waals surface area contributed by atoms with E-state index in [2.05, 4.69) is 35.4 Å². The predicted octanol–water partition coefficient (Wildman–Crippen LogP) is 3.18. The van der Waals surface area contributed by atoms with Gasteiger partial charge >= 0.3 is 0 Å². The second-order valence-electron chi connectivity index (χ2n) is 6.89. The molecule has 128 valence electrons. The fourth-order valence-electron chi connectivity index (χ4n) is 2.60. The van der Waals surface area contributed by atoms with Gasteiger partial charge < -0.3 is 16.0 Å². The molecule has 1 aromatic carbocycles. The lowest BCUT2D eigenvalue weighted by atomic mass is 9.87. The number of aryl methyl sites for hydroxylation is 1. The van der Waals surface area contributed by atoms with Crippen LogP contribution in [0.1, 0.15) is 38.8 Å². The summed E-state index contributed by atoms with van der Waals surface area (Å²) >= 11 is 0. The molecule has 0 spiro atoms. The highest BCUT2D eigenvalue weighted by molar-refractivity contribution is 5.86. The average Bonchev–Trinajstić information content (AvgIpc) is 2.88. The van der Waals surface area contributed by atoms with E-state index in [0.29, 0.717) is 6.54 Å². The maximum Gasteiger partial charge on any atom is 0.237 e. The number of amides is 1. The molecule has 5 heteroatoms. The summed E-state index contributed by atoms with van der Waals surface area (Å²) in [6.45, 7) is 8.69. The van der Waals surface area contributed by atoms with Gasteiger partial charge in [-0.15, -0.1) is 12.4 Å². The molecule has 0 aliphatic carbocycles. The van der Waals surface area contributed by atoms with Crippen LogP contribution < -0.4 is 11.1 Å². The molecular weight excluding hydrogens is 310 g/mol. The normalized spacial score (nSPS) is 12.7. The van der Waals surface area contributed by atoms with E-state index >= 15 is 0 Å². The molecule has 0 fully saturated rings.